The van der Waals surface area contributed by atoms with E-state index in [1.807, 2.05) is 12.1 Å². The predicted molar refractivity (Wildman–Crippen MR) is 93.5 cm³/mol. The molecule has 0 radical (unpaired) electrons. The van der Waals surface area contributed by atoms with Crippen molar-refractivity contribution in [3.8, 4) is 0 Å². The first-order valence-electron chi connectivity index (χ1n) is 8.01. The van der Waals surface area contributed by atoms with Crippen LogP contribution in [0.1, 0.15) is 32.1 Å². The Kier molecular flexibility index (Phi) is 6.78. The molecule has 0 heterocycles. The van der Waals surface area contributed by atoms with Crippen molar-refractivity contribution in [1.82, 2.24) is 5.32 Å². The molecule has 2 atom stereocenters. The molecule has 1 aliphatic carbocycles. The van der Waals surface area contributed by atoms with E-state index in [9.17, 15) is 14.4 Å². The molecule has 1 aromatic rings. The molecule has 2 amide bonds. The van der Waals surface area contributed by atoms with Crippen LogP contribution in [0.2, 0.25) is 0 Å². The Morgan fingerprint density at radius 2 is 1.79 bits per heavy atom. The highest BCUT2D eigenvalue weighted by Crippen LogP contribution is 2.29. The van der Waals surface area contributed by atoms with Gasteiger partial charge >= 0.3 is 5.97 Å². The number of hydrogen-bond donors (Lipinski definition) is 3. The van der Waals surface area contributed by atoms with Gasteiger partial charge in [-0.15, -0.1) is 0 Å². The van der Waals surface area contributed by atoms with E-state index in [1.54, 1.807) is 12.1 Å². The molecule has 0 spiro atoms. The second kappa shape index (κ2) is 8.82. The third kappa shape index (κ3) is 5.63. The van der Waals surface area contributed by atoms with E-state index >= 15 is 0 Å². The molecule has 2 rings (SSSR count). The predicted octanol–water partition coefficient (Wildman–Crippen LogP) is 2.78. The van der Waals surface area contributed by atoms with Crippen LogP contribution in [0.15, 0.2) is 28.7 Å². The Bertz CT molecular complexity index is 603. The van der Waals surface area contributed by atoms with Crippen LogP contribution in [0.4, 0.5) is 5.69 Å². The number of carboxylic acid groups (broad SMARTS) is 1. The van der Waals surface area contributed by atoms with E-state index in [4.69, 9.17) is 5.11 Å². The van der Waals surface area contributed by atoms with Crippen LogP contribution < -0.4 is 10.6 Å². The number of nitrogens with one attached hydrogen (secondary N) is 2. The lowest BCUT2D eigenvalue weighted by molar-refractivity contribution is -0.144. The van der Waals surface area contributed by atoms with Crippen molar-refractivity contribution >= 4 is 39.4 Å². The molecule has 7 heteroatoms. The molecule has 0 bridgehead atoms. The Balaban J connectivity index is 1.71. The minimum Gasteiger partial charge on any atom is -0.481 e. The van der Waals surface area contributed by atoms with E-state index in [0.29, 0.717) is 24.9 Å². The lowest BCUT2D eigenvalue weighted by Crippen LogP contribution is -2.36. The molecule has 0 aromatic heterocycles. The van der Waals surface area contributed by atoms with Crippen LogP contribution in [0.5, 0.6) is 0 Å². The van der Waals surface area contributed by atoms with Gasteiger partial charge < -0.3 is 15.7 Å². The highest BCUT2D eigenvalue weighted by molar-refractivity contribution is 9.10. The van der Waals surface area contributed by atoms with Crippen LogP contribution in [-0.2, 0) is 14.4 Å². The average Bonchev–Trinajstić information content (AvgIpc) is 2.57. The SMILES string of the molecule is O=C(CCNC(=O)C1CCCC(C(=O)O)C1)Nc1ccc(Br)cc1. The molecule has 1 aliphatic rings. The minimum absolute atomic E-state index is 0.155. The number of carboxylic acids is 1. The Labute approximate surface area is 149 Å². The Morgan fingerprint density at radius 1 is 1.12 bits per heavy atom. The summed E-state index contributed by atoms with van der Waals surface area (Å²) in [6, 6.07) is 7.24. The summed E-state index contributed by atoms with van der Waals surface area (Å²) in [5, 5.41) is 14.5. The second-order valence-corrected chi connectivity index (χ2v) is 6.91. The number of carbonyl (C=O) groups excluding carboxylic acids is 2. The average molecular weight is 397 g/mol. The summed E-state index contributed by atoms with van der Waals surface area (Å²) in [7, 11) is 0. The monoisotopic (exact) mass is 396 g/mol. The van der Waals surface area contributed by atoms with Crippen molar-refractivity contribution in [2.24, 2.45) is 11.8 Å². The highest BCUT2D eigenvalue weighted by Gasteiger charge is 2.30. The number of benzene rings is 1. The van der Waals surface area contributed by atoms with Crippen molar-refractivity contribution in [3.63, 3.8) is 0 Å². The molecule has 0 saturated heterocycles. The first-order chi connectivity index (χ1) is 11.5. The summed E-state index contributed by atoms with van der Waals surface area (Å²) in [4.78, 5) is 35.0. The quantitative estimate of drug-likeness (QED) is 0.688. The minimum atomic E-state index is -0.832. The standard InChI is InChI=1S/C17H21BrN2O4/c18-13-4-6-14(7-5-13)20-15(21)8-9-19-16(22)11-2-1-3-12(10-11)17(23)24/h4-7,11-12H,1-3,8-10H2,(H,19,22)(H,20,21)(H,23,24). The number of rotatable bonds is 6. The molecule has 0 aliphatic heterocycles. The van der Waals surface area contributed by atoms with Crippen LogP contribution in [-0.4, -0.2) is 29.4 Å². The maximum absolute atomic E-state index is 12.1. The molecular weight excluding hydrogens is 376 g/mol. The van der Waals surface area contributed by atoms with Crippen LogP contribution in [0.25, 0.3) is 0 Å². The highest BCUT2D eigenvalue weighted by atomic mass is 79.9. The maximum atomic E-state index is 12.1. The van der Waals surface area contributed by atoms with Crippen molar-refractivity contribution in [1.29, 1.82) is 0 Å². The summed E-state index contributed by atoms with van der Waals surface area (Å²) < 4.78 is 0.930. The number of amides is 2. The van der Waals surface area contributed by atoms with Gasteiger partial charge in [-0.1, -0.05) is 22.4 Å². The third-order valence-corrected chi connectivity index (χ3v) is 4.70. The molecule has 6 nitrogen and oxygen atoms in total. The number of halogens is 1. The number of anilines is 1. The topological polar surface area (TPSA) is 95.5 Å². The number of carbonyl (C=O) groups is 3. The van der Waals surface area contributed by atoms with Crippen molar-refractivity contribution in [2.45, 2.75) is 32.1 Å². The molecular formula is C17H21BrN2O4. The molecule has 3 N–H and O–H groups in total. The fourth-order valence-corrected chi connectivity index (χ4v) is 3.12. The zero-order valence-corrected chi connectivity index (χ0v) is 14.8. The number of aliphatic carboxylic acids is 1. The van der Waals surface area contributed by atoms with E-state index in [2.05, 4.69) is 26.6 Å². The lowest BCUT2D eigenvalue weighted by atomic mass is 9.81. The fourth-order valence-electron chi connectivity index (χ4n) is 2.85. The first kappa shape index (κ1) is 18.4. The second-order valence-electron chi connectivity index (χ2n) is 5.99. The molecule has 24 heavy (non-hydrogen) atoms. The van der Waals surface area contributed by atoms with Gasteiger partial charge in [-0.3, -0.25) is 14.4 Å². The fraction of sp³-hybridized carbons (Fsp3) is 0.471. The smallest absolute Gasteiger partial charge is 0.306 e. The zero-order valence-electron chi connectivity index (χ0n) is 13.3. The molecule has 2 unspecified atom stereocenters. The number of hydrogen-bond acceptors (Lipinski definition) is 3. The summed E-state index contributed by atoms with van der Waals surface area (Å²) in [6.07, 6.45) is 2.65. The van der Waals surface area contributed by atoms with E-state index < -0.39 is 11.9 Å². The molecule has 130 valence electrons. The molecule has 1 fully saturated rings. The first-order valence-corrected chi connectivity index (χ1v) is 8.81. The van der Waals surface area contributed by atoms with Gasteiger partial charge in [0.05, 0.1) is 5.92 Å². The largest absolute Gasteiger partial charge is 0.481 e. The van der Waals surface area contributed by atoms with Gasteiger partial charge in [-0.2, -0.15) is 0 Å². The van der Waals surface area contributed by atoms with Crippen LogP contribution in [0, 0.1) is 11.8 Å². The van der Waals surface area contributed by atoms with Gasteiger partial charge in [0.25, 0.3) is 0 Å². The van der Waals surface area contributed by atoms with Crippen LogP contribution in [0.3, 0.4) is 0 Å². The van der Waals surface area contributed by atoms with Crippen LogP contribution >= 0.6 is 15.9 Å². The maximum Gasteiger partial charge on any atom is 0.306 e. The van der Waals surface area contributed by atoms with Gasteiger partial charge in [0.2, 0.25) is 11.8 Å². The summed E-state index contributed by atoms with van der Waals surface area (Å²) >= 11 is 3.32. The zero-order chi connectivity index (χ0) is 17.5. The molecule has 1 saturated carbocycles. The van der Waals surface area contributed by atoms with Gasteiger partial charge in [0.15, 0.2) is 0 Å². The lowest BCUT2D eigenvalue weighted by Gasteiger charge is -2.25. The van der Waals surface area contributed by atoms with Crippen molar-refractivity contribution < 1.29 is 19.5 Å². The van der Waals surface area contributed by atoms with Crippen molar-refractivity contribution in [2.75, 3.05) is 11.9 Å². The van der Waals surface area contributed by atoms with E-state index in [-0.39, 0.29) is 30.7 Å². The summed E-state index contributed by atoms with van der Waals surface area (Å²) in [5.41, 5.74) is 0.700. The van der Waals surface area contributed by atoms with Crippen molar-refractivity contribution in [3.05, 3.63) is 28.7 Å². The van der Waals surface area contributed by atoms with E-state index in [1.165, 1.54) is 0 Å². The van der Waals surface area contributed by atoms with Gasteiger partial charge in [-0.25, -0.2) is 0 Å². The summed E-state index contributed by atoms with van der Waals surface area (Å²) in [5.74, 6) is -1.87. The third-order valence-electron chi connectivity index (χ3n) is 4.17. The summed E-state index contributed by atoms with van der Waals surface area (Å²) in [6.45, 7) is 0.245. The van der Waals surface area contributed by atoms with Gasteiger partial charge in [0, 0.05) is 29.0 Å². The normalized spacial score (nSPS) is 20.2. The Morgan fingerprint density at radius 3 is 2.46 bits per heavy atom. The van der Waals surface area contributed by atoms with Gasteiger partial charge in [-0.05, 0) is 43.5 Å². The van der Waals surface area contributed by atoms with E-state index in [0.717, 1.165) is 10.9 Å². The Hall–Kier alpha value is -1.89. The van der Waals surface area contributed by atoms with Gasteiger partial charge in [0.1, 0.15) is 0 Å². The molecule has 1 aromatic carbocycles.